The second kappa shape index (κ2) is 3.97. The van der Waals surface area contributed by atoms with Gasteiger partial charge in [0.15, 0.2) is 5.82 Å². The average molecular weight is 284 g/mol. The first-order chi connectivity index (χ1) is 7.58. The van der Waals surface area contributed by atoms with Crippen LogP contribution in [-0.4, -0.2) is 24.7 Å². The molecule has 0 aromatic carbocycles. The Kier molecular flexibility index (Phi) is 2.65. The van der Waals surface area contributed by atoms with Crippen molar-refractivity contribution < 1.29 is 4.92 Å². The quantitative estimate of drug-likeness (QED) is 0.618. The molecule has 2 heterocycles. The normalized spacial score (nSPS) is 10.4. The monoisotopic (exact) mass is 283 g/mol. The highest BCUT2D eigenvalue weighted by Gasteiger charge is 2.15. The van der Waals surface area contributed by atoms with E-state index >= 15 is 0 Å². The SMILES string of the molecule is Cc1nc(-n2cnc([N+](=O)[O-])n2)ccc1Br. The fourth-order valence-electron chi connectivity index (χ4n) is 1.11. The number of nitrogens with zero attached hydrogens (tertiary/aromatic N) is 5. The third-order valence-corrected chi connectivity index (χ3v) is 2.72. The molecule has 0 aliphatic heterocycles. The van der Waals surface area contributed by atoms with Gasteiger partial charge in [0.1, 0.15) is 0 Å². The zero-order valence-electron chi connectivity index (χ0n) is 8.16. The number of rotatable bonds is 2. The van der Waals surface area contributed by atoms with E-state index in [-0.39, 0.29) is 0 Å². The van der Waals surface area contributed by atoms with Crippen molar-refractivity contribution in [2.24, 2.45) is 0 Å². The van der Waals surface area contributed by atoms with E-state index in [0.29, 0.717) is 5.82 Å². The summed E-state index contributed by atoms with van der Waals surface area (Å²) >= 11 is 3.31. The van der Waals surface area contributed by atoms with Crippen molar-refractivity contribution >= 4 is 21.9 Å². The molecule has 0 saturated carbocycles. The third kappa shape index (κ3) is 1.91. The molecule has 0 aliphatic carbocycles. The molecule has 0 N–H and O–H groups in total. The van der Waals surface area contributed by atoms with Crippen LogP contribution in [0.15, 0.2) is 22.9 Å². The minimum Gasteiger partial charge on any atom is -0.390 e. The predicted molar refractivity (Wildman–Crippen MR) is 58.2 cm³/mol. The van der Waals surface area contributed by atoms with Crippen molar-refractivity contribution in [3.63, 3.8) is 0 Å². The van der Waals surface area contributed by atoms with Crippen LogP contribution in [-0.2, 0) is 0 Å². The molecule has 2 aromatic heterocycles. The maximum Gasteiger partial charge on any atom is 0.491 e. The Hall–Kier alpha value is -1.83. The van der Waals surface area contributed by atoms with Gasteiger partial charge in [0.25, 0.3) is 0 Å². The van der Waals surface area contributed by atoms with Crippen LogP contribution in [0.5, 0.6) is 0 Å². The molecule has 2 aromatic rings. The smallest absolute Gasteiger partial charge is 0.390 e. The maximum atomic E-state index is 10.4. The van der Waals surface area contributed by atoms with Gasteiger partial charge in [0.2, 0.25) is 6.33 Å². The third-order valence-electron chi connectivity index (χ3n) is 1.88. The molecule has 2 rings (SSSR count). The predicted octanol–water partition coefficient (Wildman–Crippen LogP) is 1.64. The minimum absolute atomic E-state index is 0.442. The second-order valence-corrected chi connectivity index (χ2v) is 3.84. The molecule has 8 heteroatoms. The summed E-state index contributed by atoms with van der Waals surface area (Å²) in [7, 11) is 0. The summed E-state index contributed by atoms with van der Waals surface area (Å²) in [5.41, 5.74) is 0.774. The fourth-order valence-corrected chi connectivity index (χ4v) is 1.33. The largest absolute Gasteiger partial charge is 0.491 e. The van der Waals surface area contributed by atoms with Crippen LogP contribution in [0.1, 0.15) is 5.69 Å². The molecule has 0 fully saturated rings. The molecule has 0 radical (unpaired) electrons. The van der Waals surface area contributed by atoms with Crippen LogP contribution in [0, 0.1) is 17.0 Å². The Morgan fingerprint density at radius 1 is 1.50 bits per heavy atom. The van der Waals surface area contributed by atoms with Crippen LogP contribution in [0.2, 0.25) is 0 Å². The molecule has 16 heavy (non-hydrogen) atoms. The Labute approximate surface area is 98.4 Å². The molecule has 0 bridgehead atoms. The number of halogens is 1. The number of nitro groups is 1. The van der Waals surface area contributed by atoms with Gasteiger partial charge in [0, 0.05) is 9.57 Å². The van der Waals surface area contributed by atoms with Crippen LogP contribution < -0.4 is 0 Å². The van der Waals surface area contributed by atoms with Crippen LogP contribution in [0.25, 0.3) is 5.82 Å². The Morgan fingerprint density at radius 2 is 2.25 bits per heavy atom. The maximum absolute atomic E-state index is 10.4. The Balaban J connectivity index is 2.42. The van der Waals surface area contributed by atoms with Gasteiger partial charge in [-0.15, -0.1) is 4.68 Å². The summed E-state index contributed by atoms with van der Waals surface area (Å²) in [5, 5.41) is 14.1. The van der Waals surface area contributed by atoms with E-state index in [4.69, 9.17) is 0 Å². The number of aryl methyl sites for hydroxylation is 1. The first-order valence-electron chi connectivity index (χ1n) is 4.27. The van der Waals surface area contributed by atoms with Gasteiger partial charge >= 0.3 is 5.95 Å². The summed E-state index contributed by atoms with van der Waals surface area (Å²) in [6, 6.07) is 3.49. The molecule has 0 amide bonds. The molecule has 82 valence electrons. The molecule has 0 saturated heterocycles. The van der Waals surface area contributed by atoms with Gasteiger partial charge in [-0.1, -0.05) is 4.98 Å². The van der Waals surface area contributed by atoms with Gasteiger partial charge in [-0.05, 0) is 39.9 Å². The Morgan fingerprint density at radius 3 is 2.81 bits per heavy atom. The van der Waals surface area contributed by atoms with E-state index < -0.39 is 10.9 Å². The molecule has 0 atom stereocenters. The lowest BCUT2D eigenvalue weighted by Gasteiger charge is -1.99. The zero-order chi connectivity index (χ0) is 11.7. The van der Waals surface area contributed by atoms with E-state index in [1.807, 2.05) is 6.92 Å². The van der Waals surface area contributed by atoms with E-state index in [2.05, 4.69) is 31.0 Å². The lowest BCUT2D eigenvalue weighted by Crippen LogP contribution is -2.00. The molecular weight excluding hydrogens is 278 g/mol. The van der Waals surface area contributed by atoms with Gasteiger partial charge in [-0.2, -0.15) is 0 Å². The first-order valence-corrected chi connectivity index (χ1v) is 5.07. The van der Waals surface area contributed by atoms with E-state index in [1.165, 1.54) is 11.0 Å². The molecule has 0 aliphatic rings. The average Bonchev–Trinajstić information content (AvgIpc) is 2.71. The zero-order valence-corrected chi connectivity index (χ0v) is 9.75. The fraction of sp³-hybridized carbons (Fsp3) is 0.125. The molecule has 7 nitrogen and oxygen atoms in total. The number of hydrogen-bond acceptors (Lipinski definition) is 5. The van der Waals surface area contributed by atoms with Crippen molar-refractivity contribution in [2.75, 3.05) is 0 Å². The highest BCUT2D eigenvalue weighted by atomic mass is 79.9. The van der Waals surface area contributed by atoms with Crippen LogP contribution >= 0.6 is 15.9 Å². The summed E-state index contributed by atoms with van der Waals surface area (Å²) in [6.07, 6.45) is 1.26. The van der Waals surface area contributed by atoms with Gasteiger partial charge in [-0.3, -0.25) is 0 Å². The lowest BCUT2D eigenvalue weighted by atomic mass is 10.4. The number of aromatic nitrogens is 4. The van der Waals surface area contributed by atoms with Crippen LogP contribution in [0.3, 0.4) is 0 Å². The molecule has 0 unspecified atom stereocenters. The van der Waals surface area contributed by atoms with Crippen molar-refractivity contribution in [1.29, 1.82) is 0 Å². The highest BCUT2D eigenvalue weighted by Crippen LogP contribution is 2.15. The second-order valence-electron chi connectivity index (χ2n) is 2.98. The number of pyridine rings is 1. The Bertz CT molecular complexity index is 553. The number of hydrogen-bond donors (Lipinski definition) is 0. The van der Waals surface area contributed by atoms with Crippen molar-refractivity contribution in [1.82, 2.24) is 19.7 Å². The van der Waals surface area contributed by atoms with Crippen LogP contribution in [0.4, 0.5) is 5.95 Å². The van der Waals surface area contributed by atoms with Crippen molar-refractivity contribution in [2.45, 2.75) is 6.92 Å². The summed E-state index contributed by atoms with van der Waals surface area (Å²) < 4.78 is 2.13. The molecular formula is C8H6BrN5O2. The van der Waals surface area contributed by atoms with Gasteiger partial charge in [0.05, 0.1) is 5.69 Å². The highest BCUT2D eigenvalue weighted by molar-refractivity contribution is 9.10. The summed E-state index contributed by atoms with van der Waals surface area (Å²) in [5.74, 6) is 0.0451. The first kappa shape index (κ1) is 10.7. The van der Waals surface area contributed by atoms with E-state index in [1.54, 1.807) is 12.1 Å². The van der Waals surface area contributed by atoms with Crippen molar-refractivity contribution in [3.05, 3.63) is 38.7 Å². The topological polar surface area (TPSA) is 86.7 Å². The summed E-state index contributed by atoms with van der Waals surface area (Å²) in [6.45, 7) is 1.82. The standard InChI is InChI=1S/C8H6BrN5O2/c1-5-6(9)2-3-7(11-5)13-4-10-8(12-13)14(15)16/h2-4H,1H3. The van der Waals surface area contributed by atoms with Crippen molar-refractivity contribution in [3.8, 4) is 5.82 Å². The van der Waals surface area contributed by atoms with E-state index in [9.17, 15) is 10.1 Å². The van der Waals surface area contributed by atoms with Gasteiger partial charge < -0.3 is 10.1 Å². The minimum atomic E-state index is -0.651. The molecule has 0 spiro atoms. The lowest BCUT2D eigenvalue weighted by molar-refractivity contribution is -0.394. The summed E-state index contributed by atoms with van der Waals surface area (Å²) in [4.78, 5) is 17.5. The van der Waals surface area contributed by atoms with Gasteiger partial charge in [-0.25, -0.2) is 4.98 Å². The van der Waals surface area contributed by atoms with E-state index in [0.717, 1.165) is 10.2 Å².